The van der Waals surface area contributed by atoms with Gasteiger partial charge < -0.3 is 20.1 Å². The van der Waals surface area contributed by atoms with Gasteiger partial charge in [0, 0.05) is 12.8 Å². The third kappa shape index (κ3) is 2.99. The van der Waals surface area contributed by atoms with Crippen LogP contribution >= 0.6 is 0 Å². The summed E-state index contributed by atoms with van der Waals surface area (Å²) in [6, 6.07) is 0. The molecule has 1 saturated carbocycles. The van der Waals surface area contributed by atoms with E-state index in [4.69, 9.17) is 4.74 Å². The van der Waals surface area contributed by atoms with Crippen LogP contribution in [0.15, 0.2) is 0 Å². The molecular weight excluding hydrogens is 220 g/mol. The van der Waals surface area contributed by atoms with Crippen molar-refractivity contribution in [3.63, 3.8) is 0 Å². The van der Waals surface area contributed by atoms with Gasteiger partial charge in [-0.2, -0.15) is 0 Å². The SMILES string of the molecule is CCCC(O)CCC1C(O)CC2OC(O)CC21. The van der Waals surface area contributed by atoms with Crippen molar-refractivity contribution in [2.45, 2.75) is 70.1 Å². The highest BCUT2D eigenvalue weighted by molar-refractivity contribution is 4.95. The van der Waals surface area contributed by atoms with E-state index in [9.17, 15) is 15.3 Å². The lowest BCUT2D eigenvalue weighted by molar-refractivity contribution is -0.0951. The van der Waals surface area contributed by atoms with Gasteiger partial charge in [0.05, 0.1) is 18.3 Å². The average molecular weight is 244 g/mol. The molecule has 17 heavy (non-hydrogen) atoms. The highest BCUT2D eigenvalue weighted by Gasteiger charge is 2.48. The zero-order chi connectivity index (χ0) is 12.4. The molecule has 0 aromatic carbocycles. The average Bonchev–Trinajstić information content (AvgIpc) is 2.71. The number of aliphatic hydroxyl groups is 3. The molecular formula is C13H24O4. The molecule has 4 nitrogen and oxygen atoms in total. The zero-order valence-electron chi connectivity index (χ0n) is 10.5. The van der Waals surface area contributed by atoms with Crippen LogP contribution in [0.25, 0.3) is 0 Å². The van der Waals surface area contributed by atoms with E-state index < -0.39 is 6.29 Å². The summed E-state index contributed by atoms with van der Waals surface area (Å²) in [4.78, 5) is 0. The maximum Gasteiger partial charge on any atom is 0.155 e. The molecule has 0 amide bonds. The van der Waals surface area contributed by atoms with Gasteiger partial charge in [-0.25, -0.2) is 0 Å². The van der Waals surface area contributed by atoms with Gasteiger partial charge >= 0.3 is 0 Å². The van der Waals surface area contributed by atoms with Gasteiger partial charge in [0.25, 0.3) is 0 Å². The summed E-state index contributed by atoms with van der Waals surface area (Å²) >= 11 is 0. The first-order valence-electron chi connectivity index (χ1n) is 6.81. The lowest BCUT2D eigenvalue weighted by Gasteiger charge is -2.21. The minimum Gasteiger partial charge on any atom is -0.393 e. The van der Waals surface area contributed by atoms with Crippen LogP contribution in [0.5, 0.6) is 0 Å². The summed E-state index contributed by atoms with van der Waals surface area (Å²) in [6.45, 7) is 2.06. The third-order valence-electron chi connectivity index (χ3n) is 4.26. The molecule has 6 atom stereocenters. The molecule has 2 fully saturated rings. The molecule has 0 aromatic heterocycles. The van der Waals surface area contributed by atoms with Crippen molar-refractivity contribution in [2.75, 3.05) is 0 Å². The predicted octanol–water partition coefficient (Wildman–Crippen LogP) is 1.03. The van der Waals surface area contributed by atoms with Crippen LogP contribution in [-0.2, 0) is 4.74 Å². The second kappa shape index (κ2) is 5.65. The molecule has 100 valence electrons. The van der Waals surface area contributed by atoms with Crippen molar-refractivity contribution in [3.8, 4) is 0 Å². The largest absolute Gasteiger partial charge is 0.393 e. The minimum absolute atomic E-state index is 0.0216. The summed E-state index contributed by atoms with van der Waals surface area (Å²) in [5, 5.41) is 29.2. The zero-order valence-corrected chi connectivity index (χ0v) is 10.5. The number of rotatable bonds is 5. The van der Waals surface area contributed by atoms with Crippen LogP contribution in [0.3, 0.4) is 0 Å². The maximum atomic E-state index is 9.98. The first-order valence-corrected chi connectivity index (χ1v) is 6.81. The number of ether oxygens (including phenoxy) is 1. The minimum atomic E-state index is -0.652. The Labute approximate surface area is 103 Å². The normalized spacial score (nSPS) is 42.7. The van der Waals surface area contributed by atoms with Gasteiger partial charge in [-0.1, -0.05) is 13.3 Å². The van der Waals surface area contributed by atoms with Gasteiger partial charge in [0.2, 0.25) is 0 Å². The van der Waals surface area contributed by atoms with E-state index in [1.165, 1.54) is 0 Å². The quantitative estimate of drug-likeness (QED) is 0.675. The second-order valence-electron chi connectivity index (χ2n) is 5.52. The van der Waals surface area contributed by atoms with E-state index >= 15 is 0 Å². The number of hydrogen-bond acceptors (Lipinski definition) is 4. The monoisotopic (exact) mass is 244 g/mol. The van der Waals surface area contributed by atoms with Crippen molar-refractivity contribution < 1.29 is 20.1 Å². The van der Waals surface area contributed by atoms with E-state index in [1.54, 1.807) is 0 Å². The maximum absolute atomic E-state index is 9.98. The van der Waals surface area contributed by atoms with Gasteiger partial charge in [0.15, 0.2) is 6.29 Å². The fourth-order valence-electron chi connectivity index (χ4n) is 3.39. The smallest absolute Gasteiger partial charge is 0.155 e. The van der Waals surface area contributed by atoms with Gasteiger partial charge in [-0.05, 0) is 31.1 Å². The van der Waals surface area contributed by atoms with E-state index in [0.29, 0.717) is 12.8 Å². The molecule has 1 aliphatic carbocycles. The molecule has 0 radical (unpaired) electrons. The Morgan fingerprint density at radius 3 is 2.71 bits per heavy atom. The second-order valence-corrected chi connectivity index (χ2v) is 5.52. The van der Waals surface area contributed by atoms with E-state index in [-0.39, 0.29) is 30.1 Å². The van der Waals surface area contributed by atoms with Crippen LogP contribution in [0.1, 0.15) is 45.4 Å². The Morgan fingerprint density at radius 1 is 1.24 bits per heavy atom. The number of aliphatic hydroxyl groups excluding tert-OH is 3. The molecule has 2 aliphatic rings. The van der Waals surface area contributed by atoms with Gasteiger partial charge in [-0.15, -0.1) is 0 Å². The van der Waals surface area contributed by atoms with Crippen molar-refractivity contribution >= 4 is 0 Å². The summed E-state index contributed by atoms with van der Waals surface area (Å²) in [7, 11) is 0. The lowest BCUT2D eigenvalue weighted by Crippen LogP contribution is -2.22. The Morgan fingerprint density at radius 2 is 2.00 bits per heavy atom. The molecule has 0 spiro atoms. The van der Waals surface area contributed by atoms with E-state index in [0.717, 1.165) is 25.7 Å². The van der Waals surface area contributed by atoms with Gasteiger partial charge in [0.1, 0.15) is 0 Å². The van der Waals surface area contributed by atoms with Gasteiger partial charge in [-0.3, -0.25) is 0 Å². The van der Waals surface area contributed by atoms with Crippen LogP contribution in [0, 0.1) is 11.8 Å². The Balaban J connectivity index is 1.83. The van der Waals surface area contributed by atoms with Crippen LogP contribution in [0.2, 0.25) is 0 Å². The molecule has 6 unspecified atom stereocenters. The lowest BCUT2D eigenvalue weighted by atomic mass is 9.87. The van der Waals surface area contributed by atoms with Crippen molar-refractivity contribution in [2.24, 2.45) is 11.8 Å². The summed E-state index contributed by atoms with van der Waals surface area (Å²) in [6.07, 6.45) is 3.46. The first kappa shape index (κ1) is 13.3. The van der Waals surface area contributed by atoms with E-state index in [2.05, 4.69) is 6.92 Å². The fourth-order valence-corrected chi connectivity index (χ4v) is 3.39. The number of fused-ring (bicyclic) bond motifs is 1. The van der Waals surface area contributed by atoms with E-state index in [1.807, 2.05) is 0 Å². The molecule has 4 heteroatoms. The summed E-state index contributed by atoms with van der Waals surface area (Å²) < 4.78 is 5.37. The Kier molecular flexibility index (Phi) is 4.42. The Hall–Kier alpha value is -0.160. The first-order chi connectivity index (χ1) is 8.11. The molecule has 3 N–H and O–H groups in total. The molecule has 0 bridgehead atoms. The topological polar surface area (TPSA) is 69.9 Å². The van der Waals surface area contributed by atoms with Crippen LogP contribution < -0.4 is 0 Å². The van der Waals surface area contributed by atoms with Crippen LogP contribution in [0.4, 0.5) is 0 Å². The molecule has 2 rings (SSSR count). The van der Waals surface area contributed by atoms with Crippen molar-refractivity contribution in [3.05, 3.63) is 0 Å². The highest BCUT2D eigenvalue weighted by Crippen LogP contribution is 2.44. The fraction of sp³-hybridized carbons (Fsp3) is 1.00. The Bertz CT molecular complexity index is 246. The number of hydrogen-bond donors (Lipinski definition) is 3. The van der Waals surface area contributed by atoms with Crippen molar-refractivity contribution in [1.29, 1.82) is 0 Å². The molecule has 1 saturated heterocycles. The highest BCUT2D eigenvalue weighted by atomic mass is 16.6. The van der Waals surface area contributed by atoms with Crippen LogP contribution in [-0.4, -0.2) is 39.9 Å². The summed E-state index contributed by atoms with van der Waals surface area (Å²) in [5.41, 5.74) is 0. The van der Waals surface area contributed by atoms with Crippen molar-refractivity contribution in [1.82, 2.24) is 0 Å². The standard InChI is InChI=1S/C13H24O4/c1-2-3-8(14)4-5-9-10-6-13(16)17-12(10)7-11(9)15/h8-16H,2-7H2,1H3. The molecule has 1 aliphatic heterocycles. The molecule has 0 aromatic rings. The summed E-state index contributed by atoms with van der Waals surface area (Å²) in [5.74, 6) is 0.456. The molecule has 1 heterocycles. The predicted molar refractivity (Wildman–Crippen MR) is 63.2 cm³/mol. The third-order valence-corrected chi connectivity index (χ3v) is 4.26.